The fraction of sp³-hybridized carbons (Fsp3) is 0.391. The summed E-state index contributed by atoms with van der Waals surface area (Å²) < 4.78 is 3.17. The smallest absolute Gasteiger partial charge is 0.227 e. The van der Waals surface area contributed by atoms with Crippen molar-refractivity contribution in [3.05, 3.63) is 58.6 Å². The van der Waals surface area contributed by atoms with Crippen LogP contribution in [0, 0.1) is 0 Å². The lowest BCUT2D eigenvalue weighted by Gasteiger charge is -2.27. The Morgan fingerprint density at radius 2 is 1.54 bits per heavy atom. The number of rotatable bonds is 3. The van der Waals surface area contributed by atoms with Crippen molar-refractivity contribution in [3.63, 3.8) is 0 Å². The number of aromatic hydroxyl groups is 1. The van der Waals surface area contributed by atoms with Gasteiger partial charge >= 0.3 is 0 Å². The molecule has 150 valence electrons. The predicted octanol–water partition coefficient (Wildman–Crippen LogP) is 2.38. The SMILES string of the molecule is CC(C)(C)c1cc(C(=O)C[n+]2csc3ccccc32)cc(C(C)(C)C)c1O.[Br-]. The molecule has 0 bridgehead atoms. The van der Waals surface area contributed by atoms with Gasteiger partial charge in [-0.3, -0.25) is 4.79 Å². The normalized spacial score (nSPS) is 12.1. The maximum absolute atomic E-state index is 13.1. The molecule has 0 spiro atoms. The van der Waals surface area contributed by atoms with E-state index in [1.807, 2.05) is 40.4 Å². The minimum absolute atomic E-state index is 0. The Morgan fingerprint density at radius 1 is 1.00 bits per heavy atom. The molecule has 0 aliphatic carbocycles. The third kappa shape index (κ3) is 4.47. The van der Waals surface area contributed by atoms with Crippen LogP contribution >= 0.6 is 11.3 Å². The number of benzene rings is 2. The molecule has 3 aromatic rings. The van der Waals surface area contributed by atoms with Crippen molar-refractivity contribution in [3.8, 4) is 5.75 Å². The monoisotopic (exact) mass is 461 g/mol. The van der Waals surface area contributed by atoms with E-state index in [0.717, 1.165) is 16.6 Å². The summed E-state index contributed by atoms with van der Waals surface area (Å²) in [5, 5.41) is 10.8. The first-order chi connectivity index (χ1) is 12.5. The summed E-state index contributed by atoms with van der Waals surface area (Å²) in [6, 6.07) is 11.8. The van der Waals surface area contributed by atoms with Crippen molar-refractivity contribution in [2.75, 3.05) is 0 Å². The number of halogens is 1. The lowest BCUT2D eigenvalue weighted by molar-refractivity contribution is -0.652. The number of ketones is 1. The van der Waals surface area contributed by atoms with Gasteiger partial charge in [0.25, 0.3) is 0 Å². The number of phenolic OH excluding ortho intramolecular Hbond substituents is 1. The first-order valence-corrected chi connectivity index (χ1v) is 10.1. The Bertz CT molecular complexity index is 974. The number of aromatic nitrogens is 1. The fourth-order valence-electron chi connectivity index (χ4n) is 3.28. The van der Waals surface area contributed by atoms with Crippen LogP contribution in [0.5, 0.6) is 5.75 Å². The van der Waals surface area contributed by atoms with Crippen LogP contribution < -0.4 is 21.5 Å². The van der Waals surface area contributed by atoms with Crippen molar-refractivity contribution in [2.45, 2.75) is 58.9 Å². The Labute approximate surface area is 181 Å². The van der Waals surface area contributed by atoms with E-state index in [4.69, 9.17) is 0 Å². The number of thiazole rings is 1. The average Bonchev–Trinajstić information content (AvgIpc) is 2.96. The minimum Gasteiger partial charge on any atom is -1.00 e. The van der Waals surface area contributed by atoms with E-state index < -0.39 is 0 Å². The van der Waals surface area contributed by atoms with E-state index in [0.29, 0.717) is 17.9 Å². The highest BCUT2D eigenvalue weighted by Crippen LogP contribution is 2.39. The van der Waals surface area contributed by atoms with Gasteiger partial charge in [-0.05, 0) is 29.0 Å². The molecule has 1 N–H and O–H groups in total. The van der Waals surface area contributed by atoms with Crippen molar-refractivity contribution < 1.29 is 31.4 Å². The van der Waals surface area contributed by atoms with E-state index in [2.05, 4.69) is 47.6 Å². The molecule has 3 rings (SSSR count). The van der Waals surface area contributed by atoms with Crippen LogP contribution in [-0.4, -0.2) is 10.9 Å². The highest BCUT2D eigenvalue weighted by molar-refractivity contribution is 7.16. The van der Waals surface area contributed by atoms with Crippen molar-refractivity contribution >= 4 is 27.3 Å². The summed E-state index contributed by atoms with van der Waals surface area (Å²) in [5.41, 5.74) is 4.87. The maximum Gasteiger partial charge on any atom is 0.227 e. The van der Waals surface area contributed by atoms with Crippen LogP contribution in [-0.2, 0) is 17.4 Å². The summed E-state index contributed by atoms with van der Waals surface area (Å²) in [5.74, 6) is 0.361. The molecule has 0 radical (unpaired) electrons. The van der Waals surface area contributed by atoms with E-state index in [9.17, 15) is 9.90 Å². The van der Waals surface area contributed by atoms with Gasteiger partial charge < -0.3 is 22.1 Å². The second-order valence-corrected chi connectivity index (χ2v) is 10.0. The second kappa shape index (κ2) is 7.96. The van der Waals surface area contributed by atoms with Gasteiger partial charge in [-0.15, -0.1) is 0 Å². The molecule has 0 atom stereocenters. The molecule has 0 saturated carbocycles. The third-order valence-corrected chi connectivity index (χ3v) is 5.80. The minimum atomic E-state index is -0.247. The van der Waals surface area contributed by atoms with Gasteiger partial charge in [0.1, 0.15) is 10.4 Å². The second-order valence-electron chi connectivity index (χ2n) is 9.16. The maximum atomic E-state index is 13.1. The number of phenols is 1. The highest BCUT2D eigenvalue weighted by Gasteiger charge is 2.28. The number of hydrogen-bond donors (Lipinski definition) is 1. The van der Waals surface area contributed by atoms with Crippen molar-refractivity contribution in [2.24, 2.45) is 0 Å². The molecule has 28 heavy (non-hydrogen) atoms. The zero-order chi connectivity index (χ0) is 20.0. The van der Waals surface area contributed by atoms with Gasteiger partial charge in [-0.1, -0.05) is 65.0 Å². The van der Waals surface area contributed by atoms with Gasteiger partial charge in [0.2, 0.25) is 23.4 Å². The van der Waals surface area contributed by atoms with E-state index >= 15 is 0 Å². The van der Waals surface area contributed by atoms with Crippen LogP contribution in [0.25, 0.3) is 10.2 Å². The molecule has 0 unspecified atom stereocenters. The first kappa shape index (κ1) is 22.6. The molecular weight excluding hydrogens is 434 g/mol. The molecule has 0 amide bonds. The van der Waals surface area contributed by atoms with Gasteiger partial charge in [0.15, 0.2) is 0 Å². The number of fused-ring (bicyclic) bond motifs is 1. The Morgan fingerprint density at radius 3 is 2.07 bits per heavy atom. The standard InChI is InChI=1S/C23H27NO2S.BrH/c1-22(2,3)16-11-15(12-17(21(16)26)23(4,5)6)19(25)13-24-14-27-20-10-8-7-9-18(20)24;/h7-12,14H,13H2,1-6H3;1H. The molecule has 5 heteroatoms. The topological polar surface area (TPSA) is 41.2 Å². The molecule has 0 fully saturated rings. The Kier molecular flexibility index (Phi) is 6.41. The van der Waals surface area contributed by atoms with E-state index in [1.165, 1.54) is 4.70 Å². The number of carbonyl (C=O) groups excluding carboxylic acids is 1. The van der Waals surface area contributed by atoms with Crippen LogP contribution in [0.15, 0.2) is 41.9 Å². The summed E-state index contributed by atoms with van der Waals surface area (Å²) in [6.45, 7) is 12.7. The molecule has 3 nitrogen and oxygen atoms in total. The number of para-hydroxylation sites is 1. The summed E-state index contributed by atoms with van der Waals surface area (Å²) >= 11 is 1.64. The van der Waals surface area contributed by atoms with Crippen molar-refractivity contribution in [1.29, 1.82) is 0 Å². The van der Waals surface area contributed by atoms with Gasteiger partial charge in [-0.25, -0.2) is 0 Å². The zero-order valence-corrected chi connectivity index (χ0v) is 19.7. The largest absolute Gasteiger partial charge is 1.00 e. The van der Waals surface area contributed by atoms with Gasteiger partial charge in [0.05, 0.1) is 0 Å². The fourth-order valence-corrected chi connectivity index (χ4v) is 4.17. The molecule has 0 aliphatic rings. The Balaban J connectivity index is 0.00000280. The lowest BCUT2D eigenvalue weighted by atomic mass is 9.78. The quantitative estimate of drug-likeness (QED) is 0.480. The van der Waals surface area contributed by atoms with Crippen LogP contribution in [0.3, 0.4) is 0 Å². The summed E-state index contributed by atoms with van der Waals surface area (Å²) in [4.78, 5) is 13.1. The number of hydrogen-bond acceptors (Lipinski definition) is 3. The van der Waals surface area contributed by atoms with Gasteiger partial charge in [0, 0.05) is 22.8 Å². The van der Waals surface area contributed by atoms with Crippen LogP contribution in [0.4, 0.5) is 0 Å². The zero-order valence-electron chi connectivity index (χ0n) is 17.3. The molecule has 1 aromatic heterocycles. The number of carbonyl (C=O) groups is 1. The first-order valence-electron chi connectivity index (χ1n) is 9.25. The average molecular weight is 462 g/mol. The van der Waals surface area contributed by atoms with E-state index in [1.54, 1.807) is 11.3 Å². The molecule has 2 aromatic carbocycles. The number of nitrogens with zero attached hydrogens (tertiary/aromatic N) is 1. The molecule has 0 saturated heterocycles. The Hall–Kier alpha value is -1.72. The van der Waals surface area contributed by atoms with Gasteiger partial charge in [-0.2, -0.15) is 4.57 Å². The third-order valence-electron chi connectivity index (χ3n) is 4.84. The predicted molar refractivity (Wildman–Crippen MR) is 112 cm³/mol. The molecular formula is C23H28BrNO2S. The highest BCUT2D eigenvalue weighted by atomic mass is 79.9. The van der Waals surface area contributed by atoms with E-state index in [-0.39, 0.29) is 33.6 Å². The molecule has 1 heterocycles. The van der Waals surface area contributed by atoms with Crippen LogP contribution in [0.1, 0.15) is 63.0 Å². The number of Topliss-reactive ketones (excluding diaryl/α,β-unsaturated/α-hetero) is 1. The van der Waals surface area contributed by atoms with Crippen LogP contribution in [0.2, 0.25) is 0 Å². The summed E-state index contributed by atoms with van der Waals surface area (Å²) in [7, 11) is 0. The lowest BCUT2D eigenvalue weighted by Crippen LogP contribution is -3.00. The van der Waals surface area contributed by atoms with Crippen molar-refractivity contribution in [1.82, 2.24) is 0 Å². The summed E-state index contributed by atoms with van der Waals surface area (Å²) in [6.07, 6.45) is 0. The molecule has 0 aliphatic heterocycles.